The Bertz CT molecular complexity index is 631. The van der Waals surface area contributed by atoms with Crippen molar-refractivity contribution in [3.05, 3.63) is 47.4 Å². The molecule has 2 aromatic rings. The maximum absolute atomic E-state index is 6.21. The summed E-state index contributed by atoms with van der Waals surface area (Å²) in [5.41, 5.74) is 9.60. The van der Waals surface area contributed by atoms with Crippen LogP contribution in [0.2, 0.25) is 0 Å². The molecule has 2 N–H and O–H groups in total. The molecule has 2 heterocycles. The Labute approximate surface area is 124 Å². The van der Waals surface area contributed by atoms with Gasteiger partial charge in [-0.05, 0) is 30.0 Å². The monoisotopic (exact) mass is 285 g/mol. The van der Waals surface area contributed by atoms with Gasteiger partial charge < -0.3 is 15.2 Å². The van der Waals surface area contributed by atoms with Crippen molar-refractivity contribution in [2.75, 3.05) is 13.7 Å². The lowest BCUT2D eigenvalue weighted by Gasteiger charge is -2.12. The van der Waals surface area contributed by atoms with E-state index in [-0.39, 0.29) is 6.04 Å². The van der Waals surface area contributed by atoms with Crippen LogP contribution >= 0.6 is 0 Å². The van der Waals surface area contributed by atoms with Crippen molar-refractivity contribution in [2.24, 2.45) is 5.73 Å². The molecule has 1 aliphatic heterocycles. The fourth-order valence-electron chi connectivity index (χ4n) is 2.53. The highest BCUT2D eigenvalue weighted by atomic mass is 16.5. The topological polar surface area (TPSA) is 70.3 Å². The molecule has 0 bridgehead atoms. The molecule has 1 aliphatic rings. The molecule has 21 heavy (non-hydrogen) atoms. The highest BCUT2D eigenvalue weighted by Gasteiger charge is 2.13. The zero-order valence-corrected chi connectivity index (χ0v) is 12.1. The van der Waals surface area contributed by atoms with E-state index in [4.69, 9.17) is 15.2 Å². The molecule has 3 rings (SSSR count). The highest BCUT2D eigenvalue weighted by Crippen LogP contribution is 2.27. The second-order valence-corrected chi connectivity index (χ2v) is 5.17. The van der Waals surface area contributed by atoms with Crippen LogP contribution < -0.4 is 15.2 Å². The smallest absolute Gasteiger partial charge is 0.216 e. The minimum absolute atomic E-state index is 0.119. The van der Waals surface area contributed by atoms with Crippen molar-refractivity contribution in [2.45, 2.75) is 25.3 Å². The van der Waals surface area contributed by atoms with E-state index >= 15 is 0 Å². The van der Waals surface area contributed by atoms with Crippen molar-refractivity contribution in [3.8, 4) is 11.6 Å². The fraction of sp³-hybridized carbons (Fsp3) is 0.375. The molecule has 0 amide bonds. The molecular formula is C16H19N3O2. The van der Waals surface area contributed by atoms with Crippen LogP contribution in [0.15, 0.2) is 30.6 Å². The summed E-state index contributed by atoms with van der Waals surface area (Å²) >= 11 is 0. The van der Waals surface area contributed by atoms with Gasteiger partial charge in [0.2, 0.25) is 5.88 Å². The molecule has 0 aliphatic carbocycles. The first-order chi connectivity index (χ1) is 10.3. The Balaban J connectivity index is 1.64. The molecular weight excluding hydrogens is 266 g/mol. The number of nitrogens with zero attached hydrogens (tertiary/aromatic N) is 2. The van der Waals surface area contributed by atoms with Crippen LogP contribution in [0.4, 0.5) is 0 Å². The Kier molecular flexibility index (Phi) is 4.01. The van der Waals surface area contributed by atoms with E-state index in [0.717, 1.165) is 37.3 Å². The number of methoxy groups -OCH3 is 1. The molecule has 1 aromatic heterocycles. The summed E-state index contributed by atoms with van der Waals surface area (Å²) in [6.45, 7) is 0.791. The van der Waals surface area contributed by atoms with Crippen molar-refractivity contribution in [1.82, 2.24) is 9.97 Å². The zero-order valence-electron chi connectivity index (χ0n) is 12.1. The number of aryl methyl sites for hydroxylation is 1. The summed E-state index contributed by atoms with van der Waals surface area (Å²) in [5, 5.41) is 0. The van der Waals surface area contributed by atoms with Gasteiger partial charge in [0, 0.05) is 18.5 Å². The molecule has 1 atom stereocenters. The molecule has 1 unspecified atom stereocenters. The summed E-state index contributed by atoms with van der Waals surface area (Å²) < 4.78 is 10.6. The molecule has 0 fully saturated rings. The van der Waals surface area contributed by atoms with Crippen LogP contribution in [0, 0.1) is 0 Å². The van der Waals surface area contributed by atoms with Crippen molar-refractivity contribution in [3.63, 3.8) is 0 Å². The summed E-state index contributed by atoms with van der Waals surface area (Å²) in [4.78, 5) is 8.22. The highest BCUT2D eigenvalue weighted by molar-refractivity contribution is 5.39. The normalized spacial score (nSPS) is 14.4. The van der Waals surface area contributed by atoms with Gasteiger partial charge in [-0.15, -0.1) is 0 Å². The number of nitrogens with two attached hydrogens (primary N) is 1. The summed E-state index contributed by atoms with van der Waals surface area (Å²) in [6, 6.07) is 8.05. The predicted octanol–water partition coefficient (Wildman–Crippen LogP) is 2.05. The van der Waals surface area contributed by atoms with Crippen LogP contribution in [0.3, 0.4) is 0 Å². The van der Waals surface area contributed by atoms with Crippen molar-refractivity contribution >= 4 is 0 Å². The Morgan fingerprint density at radius 1 is 1.33 bits per heavy atom. The lowest BCUT2D eigenvalue weighted by atomic mass is 10.0. The summed E-state index contributed by atoms with van der Waals surface area (Å²) in [7, 11) is 1.59. The van der Waals surface area contributed by atoms with E-state index < -0.39 is 0 Å². The van der Waals surface area contributed by atoms with Gasteiger partial charge >= 0.3 is 0 Å². The van der Waals surface area contributed by atoms with E-state index in [1.807, 2.05) is 0 Å². The lowest BCUT2D eigenvalue weighted by Crippen LogP contribution is -2.13. The molecule has 1 aromatic carbocycles. The molecule has 0 saturated heterocycles. The van der Waals surface area contributed by atoms with E-state index in [1.165, 1.54) is 17.5 Å². The van der Waals surface area contributed by atoms with Gasteiger partial charge in [0.05, 0.1) is 19.4 Å². The number of hydrogen-bond donors (Lipinski definition) is 1. The Morgan fingerprint density at radius 3 is 3.10 bits per heavy atom. The van der Waals surface area contributed by atoms with Crippen LogP contribution in [-0.2, 0) is 12.8 Å². The van der Waals surface area contributed by atoms with Gasteiger partial charge in [0.25, 0.3) is 0 Å². The number of aromatic nitrogens is 2. The van der Waals surface area contributed by atoms with E-state index in [1.54, 1.807) is 13.2 Å². The first kappa shape index (κ1) is 13.8. The minimum atomic E-state index is -0.119. The second-order valence-electron chi connectivity index (χ2n) is 5.17. The number of benzene rings is 1. The molecule has 5 nitrogen and oxygen atoms in total. The molecule has 0 saturated carbocycles. The third kappa shape index (κ3) is 3.13. The van der Waals surface area contributed by atoms with Crippen LogP contribution in [0.25, 0.3) is 0 Å². The molecule has 0 spiro atoms. The Hall–Kier alpha value is -2.14. The van der Waals surface area contributed by atoms with E-state index in [0.29, 0.717) is 5.88 Å². The van der Waals surface area contributed by atoms with Crippen LogP contribution in [0.5, 0.6) is 11.6 Å². The zero-order chi connectivity index (χ0) is 14.7. The Morgan fingerprint density at radius 2 is 2.24 bits per heavy atom. The van der Waals surface area contributed by atoms with Crippen molar-refractivity contribution in [1.29, 1.82) is 0 Å². The van der Waals surface area contributed by atoms with E-state index in [2.05, 4.69) is 28.2 Å². The molecule has 110 valence electrons. The average Bonchev–Trinajstić information content (AvgIpc) is 3.00. The molecule has 0 radical (unpaired) electrons. The van der Waals surface area contributed by atoms with Gasteiger partial charge in [-0.2, -0.15) is 0 Å². The van der Waals surface area contributed by atoms with Crippen molar-refractivity contribution < 1.29 is 9.47 Å². The first-order valence-electron chi connectivity index (χ1n) is 7.12. The maximum atomic E-state index is 6.21. The molecule has 5 heteroatoms. The standard InChI is InChI=1S/C16H19N3O2/c1-20-16-9-14(18-10-19-16)13(17)4-2-11-3-5-15-12(8-11)6-7-21-15/h3,5,8-10,13H,2,4,6-7,17H2,1H3. The third-order valence-corrected chi connectivity index (χ3v) is 3.75. The number of ether oxygens (including phenoxy) is 2. The van der Waals surface area contributed by atoms with Gasteiger partial charge in [-0.1, -0.05) is 12.1 Å². The lowest BCUT2D eigenvalue weighted by molar-refractivity contribution is 0.357. The quantitative estimate of drug-likeness (QED) is 0.910. The number of fused-ring (bicyclic) bond motifs is 1. The summed E-state index contributed by atoms with van der Waals surface area (Å²) in [5.74, 6) is 1.56. The fourth-order valence-corrected chi connectivity index (χ4v) is 2.53. The first-order valence-corrected chi connectivity index (χ1v) is 7.12. The number of rotatable bonds is 5. The average molecular weight is 285 g/mol. The predicted molar refractivity (Wildman–Crippen MR) is 79.5 cm³/mol. The second kappa shape index (κ2) is 6.10. The van der Waals surface area contributed by atoms with Gasteiger partial charge in [0.15, 0.2) is 0 Å². The maximum Gasteiger partial charge on any atom is 0.216 e. The van der Waals surface area contributed by atoms with Gasteiger partial charge in [-0.3, -0.25) is 0 Å². The van der Waals surface area contributed by atoms with Gasteiger partial charge in [0.1, 0.15) is 12.1 Å². The largest absolute Gasteiger partial charge is 0.493 e. The third-order valence-electron chi connectivity index (χ3n) is 3.75. The van der Waals surface area contributed by atoms with Crippen LogP contribution in [-0.4, -0.2) is 23.7 Å². The SMILES string of the molecule is COc1cc(C(N)CCc2ccc3c(c2)CCO3)ncn1. The summed E-state index contributed by atoms with van der Waals surface area (Å²) in [6.07, 6.45) is 4.24. The van der Waals surface area contributed by atoms with Gasteiger partial charge in [-0.25, -0.2) is 9.97 Å². The minimum Gasteiger partial charge on any atom is -0.493 e. The van der Waals surface area contributed by atoms with Crippen LogP contribution in [0.1, 0.15) is 29.3 Å². The van der Waals surface area contributed by atoms with E-state index in [9.17, 15) is 0 Å². The number of hydrogen-bond acceptors (Lipinski definition) is 5.